The zero-order chi connectivity index (χ0) is 24.1. The predicted molar refractivity (Wildman–Crippen MR) is 131 cm³/mol. The van der Waals surface area contributed by atoms with Gasteiger partial charge in [0.2, 0.25) is 5.91 Å². The molecule has 176 valence electrons. The first-order valence-electron chi connectivity index (χ1n) is 10.1. The Hall–Kier alpha value is -0.753. The van der Waals surface area contributed by atoms with Crippen molar-refractivity contribution in [1.82, 2.24) is 4.90 Å². The molecule has 1 amide bonds. The lowest BCUT2D eigenvalue weighted by atomic mass is 9.94. The third kappa shape index (κ3) is 7.38. The molecule has 1 fully saturated rings. The van der Waals surface area contributed by atoms with Gasteiger partial charge in [0.05, 0.1) is 15.5 Å². The van der Waals surface area contributed by atoms with E-state index in [0.717, 1.165) is 0 Å². The first-order valence-corrected chi connectivity index (χ1v) is 15.7. The molecule has 11 heteroatoms. The number of hydrogen-bond acceptors (Lipinski definition) is 8. The highest BCUT2D eigenvalue weighted by Gasteiger charge is 2.51. The Kier molecular flexibility index (Phi) is 10.4. The van der Waals surface area contributed by atoms with Crippen LogP contribution in [-0.2, 0) is 23.6 Å². The number of hydrogen-bond donors (Lipinski definition) is 1. The molecule has 1 heterocycles. The Morgan fingerprint density at radius 2 is 1.65 bits per heavy atom. The molecule has 0 radical (unpaired) electrons. The van der Waals surface area contributed by atoms with Crippen LogP contribution in [0.1, 0.15) is 48.0 Å². The van der Waals surface area contributed by atoms with E-state index in [1.165, 1.54) is 30.5 Å². The van der Waals surface area contributed by atoms with Crippen LogP contribution < -0.4 is 0 Å². The lowest BCUT2D eigenvalue weighted by molar-refractivity contribution is -0.152. The van der Waals surface area contributed by atoms with Gasteiger partial charge in [-0.3, -0.25) is 19.3 Å². The van der Waals surface area contributed by atoms with Gasteiger partial charge in [-0.1, -0.05) is 27.7 Å². The average molecular weight is 508 g/mol. The molecule has 1 aliphatic heterocycles. The zero-order valence-corrected chi connectivity index (χ0v) is 22.9. The van der Waals surface area contributed by atoms with Crippen LogP contribution in [-0.4, -0.2) is 58.2 Å². The molecule has 2 atom stereocenters. The summed E-state index contributed by atoms with van der Waals surface area (Å²) in [5.74, 6) is -1.32. The maximum atomic E-state index is 13.0. The van der Waals surface area contributed by atoms with Gasteiger partial charge in [0.15, 0.2) is 24.2 Å². The number of amides is 1. The van der Waals surface area contributed by atoms with Gasteiger partial charge in [-0.05, 0) is 53.8 Å². The number of aliphatic carboxylic acids is 1. The molecule has 0 unspecified atom stereocenters. The lowest BCUT2D eigenvalue weighted by Crippen LogP contribution is -2.60. The van der Waals surface area contributed by atoms with Crippen molar-refractivity contribution in [3.05, 3.63) is 9.93 Å². The van der Waals surface area contributed by atoms with Crippen molar-refractivity contribution in [2.75, 3.05) is 12.4 Å². The molecule has 0 aromatic carbocycles. The quantitative estimate of drug-likeness (QED) is 0.255. The Balaban J connectivity index is 3.14. The summed E-state index contributed by atoms with van der Waals surface area (Å²) in [6.07, 6.45) is 0.501. The minimum absolute atomic E-state index is 0.0264. The highest BCUT2D eigenvalue weighted by molar-refractivity contribution is 8.34. The van der Waals surface area contributed by atoms with E-state index in [-0.39, 0.29) is 42.4 Å². The number of nitrogens with zero attached hydrogens (tertiary/aromatic N) is 1. The van der Waals surface area contributed by atoms with Crippen molar-refractivity contribution in [3.63, 3.8) is 0 Å². The number of carbonyl (C=O) groups is 4. The summed E-state index contributed by atoms with van der Waals surface area (Å²) in [5.41, 5.74) is -0.294. The highest BCUT2D eigenvalue weighted by atomic mass is 32.2. The van der Waals surface area contributed by atoms with E-state index >= 15 is 0 Å². The lowest BCUT2D eigenvalue weighted by Gasteiger charge is -2.47. The van der Waals surface area contributed by atoms with Gasteiger partial charge in [-0.25, -0.2) is 4.79 Å². The van der Waals surface area contributed by atoms with E-state index in [1.54, 1.807) is 0 Å². The summed E-state index contributed by atoms with van der Waals surface area (Å²) in [4.78, 5) is 49.6. The van der Waals surface area contributed by atoms with E-state index in [1.807, 2.05) is 6.92 Å². The number of likely N-dealkylation sites (tertiary alicyclic amines) is 1. The van der Waals surface area contributed by atoms with Crippen LogP contribution in [0.25, 0.3) is 0 Å². The number of carbonyl (C=O) groups excluding carboxylic acids is 3. The third-order valence-corrected chi connectivity index (χ3v) is 12.9. The first-order chi connectivity index (χ1) is 14.1. The second kappa shape index (κ2) is 11.4. The number of carboxylic acid groups (broad SMARTS) is 1. The largest absolute Gasteiger partial charge is 0.477 e. The number of β-lactam (4-membered cyclic amide) rings is 1. The Morgan fingerprint density at radius 1 is 1.13 bits per heavy atom. The van der Waals surface area contributed by atoms with E-state index in [0.29, 0.717) is 42.3 Å². The van der Waals surface area contributed by atoms with Crippen LogP contribution in [0, 0.1) is 5.92 Å². The van der Waals surface area contributed by atoms with E-state index in [2.05, 4.69) is 33.9 Å². The van der Waals surface area contributed by atoms with Crippen LogP contribution >= 0.6 is 35.3 Å². The molecule has 0 bridgehead atoms. The predicted octanol–water partition coefficient (Wildman–Crippen LogP) is 4.75. The second-order valence-corrected chi connectivity index (χ2v) is 17.5. The number of carboxylic acids is 1. The van der Waals surface area contributed by atoms with Crippen LogP contribution in [0.3, 0.4) is 0 Å². The van der Waals surface area contributed by atoms with Crippen LogP contribution in [0.4, 0.5) is 0 Å². The SMILES string of the molecule is CCS[C@@H]1[C@@H](CCO[Si](C)(C)C(C)(C)C)C(=O)N1C(C(=O)O)=C(SC(C)=O)SC(C)=O. The molecule has 1 saturated heterocycles. The van der Waals surface area contributed by atoms with Crippen molar-refractivity contribution in [2.24, 2.45) is 5.92 Å². The molecule has 0 aromatic heterocycles. The molecule has 31 heavy (non-hydrogen) atoms. The van der Waals surface area contributed by atoms with Crippen molar-refractivity contribution in [1.29, 1.82) is 0 Å². The van der Waals surface area contributed by atoms with Crippen molar-refractivity contribution in [2.45, 2.75) is 71.5 Å². The molecule has 1 N–H and O–H groups in total. The smallest absolute Gasteiger partial charge is 0.354 e. The normalized spacial score (nSPS) is 19.1. The Morgan fingerprint density at radius 3 is 2.03 bits per heavy atom. The van der Waals surface area contributed by atoms with Crippen molar-refractivity contribution < 1.29 is 28.7 Å². The van der Waals surface area contributed by atoms with Gasteiger partial charge in [0.1, 0.15) is 0 Å². The Labute approximate surface area is 198 Å². The van der Waals surface area contributed by atoms with Crippen LogP contribution in [0.2, 0.25) is 18.1 Å². The first kappa shape index (κ1) is 28.3. The topological polar surface area (TPSA) is 101 Å². The molecule has 7 nitrogen and oxygen atoms in total. The van der Waals surface area contributed by atoms with Crippen molar-refractivity contribution >= 4 is 65.7 Å². The highest BCUT2D eigenvalue weighted by Crippen LogP contribution is 2.45. The molecular formula is C20H33NO6S3Si. The number of rotatable bonds is 10. The fourth-order valence-electron chi connectivity index (χ4n) is 2.71. The summed E-state index contributed by atoms with van der Waals surface area (Å²) in [6.45, 7) is 15.7. The molecule has 0 spiro atoms. The maximum Gasteiger partial charge on any atom is 0.354 e. The monoisotopic (exact) mass is 507 g/mol. The summed E-state index contributed by atoms with van der Waals surface area (Å²) < 4.78 is 6.23. The van der Waals surface area contributed by atoms with Crippen LogP contribution in [0.15, 0.2) is 9.93 Å². The third-order valence-electron chi connectivity index (χ3n) is 5.30. The summed E-state index contributed by atoms with van der Waals surface area (Å²) in [7, 11) is -1.95. The van der Waals surface area contributed by atoms with E-state index in [9.17, 15) is 24.3 Å². The summed E-state index contributed by atoms with van der Waals surface area (Å²) in [6, 6.07) is 0. The van der Waals surface area contributed by atoms with Gasteiger partial charge in [0, 0.05) is 20.5 Å². The van der Waals surface area contributed by atoms with Crippen LogP contribution in [0.5, 0.6) is 0 Å². The van der Waals surface area contributed by atoms with Gasteiger partial charge < -0.3 is 9.53 Å². The fraction of sp³-hybridized carbons (Fsp3) is 0.700. The summed E-state index contributed by atoms with van der Waals surface area (Å²) >= 11 is 2.82. The minimum atomic E-state index is -1.95. The van der Waals surface area contributed by atoms with E-state index in [4.69, 9.17) is 4.43 Å². The molecule has 0 saturated carbocycles. The minimum Gasteiger partial charge on any atom is -0.477 e. The molecule has 0 aliphatic carbocycles. The standard InChI is InChI=1S/C20H33NO6S3Si/c1-9-28-17-14(10-11-27-31(7,8)20(4,5)6)16(24)21(17)15(18(25)26)19(29-12(2)22)30-13(3)23/h14,17H,9-11H2,1-8H3,(H,25,26)/t14-,17+/m0/s1. The van der Waals surface area contributed by atoms with Crippen molar-refractivity contribution in [3.8, 4) is 0 Å². The molecule has 1 rings (SSSR count). The summed E-state index contributed by atoms with van der Waals surface area (Å²) in [5, 5.41) is 8.82. The van der Waals surface area contributed by atoms with Gasteiger partial charge >= 0.3 is 5.97 Å². The van der Waals surface area contributed by atoms with Gasteiger partial charge in [-0.2, -0.15) is 0 Å². The zero-order valence-electron chi connectivity index (χ0n) is 19.4. The molecule has 1 aliphatic rings. The van der Waals surface area contributed by atoms with Gasteiger partial charge in [-0.15, -0.1) is 11.8 Å². The van der Waals surface area contributed by atoms with E-state index < -0.39 is 14.3 Å². The van der Waals surface area contributed by atoms with Gasteiger partial charge in [0.25, 0.3) is 0 Å². The molecule has 0 aromatic rings. The second-order valence-electron chi connectivity index (χ2n) is 8.69. The maximum absolute atomic E-state index is 13.0. The molecular weight excluding hydrogens is 475 g/mol. The average Bonchev–Trinajstić information content (AvgIpc) is 2.59. The Bertz CT molecular complexity index is 745. The number of thioether (sulfide) groups is 3. The fourth-order valence-corrected chi connectivity index (χ4v) is 6.92.